The summed E-state index contributed by atoms with van der Waals surface area (Å²) in [5.41, 5.74) is 2.58. The first kappa shape index (κ1) is 8.04. The molecule has 2 heteroatoms. The molecule has 0 radical (unpaired) electrons. The van der Waals surface area contributed by atoms with Crippen LogP contribution in [0.2, 0.25) is 0 Å². The van der Waals surface area contributed by atoms with Gasteiger partial charge in [0.2, 0.25) is 0 Å². The zero-order chi connectivity index (χ0) is 9.54. The second-order valence-electron chi connectivity index (χ2n) is 4.11. The number of hydrogen-bond acceptors (Lipinski definition) is 2. The van der Waals surface area contributed by atoms with Crippen molar-refractivity contribution in [2.75, 3.05) is 0 Å². The zero-order valence-corrected chi connectivity index (χ0v) is 7.90. The maximum Gasteiger partial charge on any atom is 0.306 e. The molecule has 1 fully saturated rings. The van der Waals surface area contributed by atoms with E-state index in [0.717, 1.165) is 12.8 Å². The molecule has 2 unspecified atom stereocenters. The Morgan fingerprint density at radius 2 is 2.14 bits per heavy atom. The molecule has 0 N–H and O–H groups in total. The van der Waals surface area contributed by atoms with Crippen LogP contribution in [-0.2, 0) is 16.0 Å². The van der Waals surface area contributed by atoms with Crippen LogP contribution in [0.4, 0.5) is 0 Å². The van der Waals surface area contributed by atoms with Gasteiger partial charge in [-0.2, -0.15) is 0 Å². The van der Waals surface area contributed by atoms with Gasteiger partial charge in [0.25, 0.3) is 0 Å². The maximum absolute atomic E-state index is 11.2. The topological polar surface area (TPSA) is 26.3 Å². The third-order valence-corrected chi connectivity index (χ3v) is 3.26. The fourth-order valence-corrected chi connectivity index (χ4v) is 2.56. The lowest BCUT2D eigenvalue weighted by molar-refractivity contribution is -0.141. The normalized spacial score (nSPS) is 29.3. The van der Waals surface area contributed by atoms with Crippen molar-refractivity contribution in [1.82, 2.24) is 0 Å². The first-order chi connectivity index (χ1) is 6.84. The summed E-state index contributed by atoms with van der Waals surface area (Å²) in [6, 6.07) is 8.30. The lowest BCUT2D eigenvalue weighted by Crippen LogP contribution is -2.16. The van der Waals surface area contributed by atoms with Gasteiger partial charge in [0.15, 0.2) is 0 Å². The van der Waals surface area contributed by atoms with Gasteiger partial charge < -0.3 is 4.74 Å². The van der Waals surface area contributed by atoms with Crippen molar-refractivity contribution < 1.29 is 9.53 Å². The van der Waals surface area contributed by atoms with Gasteiger partial charge >= 0.3 is 5.97 Å². The van der Waals surface area contributed by atoms with Crippen molar-refractivity contribution in [3.8, 4) is 0 Å². The molecule has 2 aliphatic rings. The molecule has 1 aliphatic heterocycles. The molecule has 72 valence electrons. The minimum atomic E-state index is -0.0308. The van der Waals surface area contributed by atoms with Gasteiger partial charge in [-0.15, -0.1) is 0 Å². The van der Waals surface area contributed by atoms with E-state index in [1.165, 1.54) is 11.1 Å². The Morgan fingerprint density at radius 3 is 3.07 bits per heavy atom. The Bertz CT molecular complexity index is 384. The summed E-state index contributed by atoms with van der Waals surface area (Å²) in [5, 5.41) is 0. The van der Waals surface area contributed by atoms with E-state index in [4.69, 9.17) is 4.74 Å². The van der Waals surface area contributed by atoms with Crippen LogP contribution in [0.25, 0.3) is 0 Å². The van der Waals surface area contributed by atoms with Gasteiger partial charge in [-0.1, -0.05) is 24.3 Å². The molecule has 0 bridgehead atoms. The lowest BCUT2D eigenvalue weighted by Gasteiger charge is -2.25. The molecular weight excluding hydrogens is 176 g/mol. The molecule has 3 rings (SSSR count). The summed E-state index contributed by atoms with van der Waals surface area (Å²) in [6.45, 7) is 0. The summed E-state index contributed by atoms with van der Waals surface area (Å²) in [7, 11) is 0. The highest BCUT2D eigenvalue weighted by Crippen LogP contribution is 2.43. The Morgan fingerprint density at radius 1 is 1.29 bits per heavy atom. The minimum Gasteiger partial charge on any atom is -0.457 e. The predicted molar refractivity (Wildman–Crippen MR) is 51.7 cm³/mol. The molecule has 1 aromatic rings. The number of esters is 1. The van der Waals surface area contributed by atoms with Crippen molar-refractivity contribution in [2.45, 2.75) is 25.4 Å². The molecule has 1 aliphatic carbocycles. The molecule has 0 saturated carbocycles. The molecule has 0 spiro atoms. The van der Waals surface area contributed by atoms with E-state index in [-0.39, 0.29) is 12.1 Å². The van der Waals surface area contributed by atoms with Crippen LogP contribution in [0.5, 0.6) is 0 Å². The first-order valence-electron chi connectivity index (χ1n) is 5.12. The Kier molecular flexibility index (Phi) is 1.63. The number of benzene rings is 1. The van der Waals surface area contributed by atoms with Gasteiger partial charge in [-0.05, 0) is 24.0 Å². The fourth-order valence-electron chi connectivity index (χ4n) is 2.56. The lowest BCUT2D eigenvalue weighted by atomic mass is 9.81. The predicted octanol–water partition coefficient (Wildman–Crippen LogP) is 2.24. The largest absolute Gasteiger partial charge is 0.457 e. The first-order valence-corrected chi connectivity index (χ1v) is 5.12. The van der Waals surface area contributed by atoms with Crippen molar-refractivity contribution >= 4 is 5.97 Å². The highest BCUT2D eigenvalue weighted by Gasteiger charge is 2.39. The molecule has 1 heterocycles. The summed E-state index contributed by atoms with van der Waals surface area (Å²) in [6.07, 6.45) is 2.84. The second kappa shape index (κ2) is 2.84. The van der Waals surface area contributed by atoms with Crippen LogP contribution in [0.3, 0.4) is 0 Å². The van der Waals surface area contributed by atoms with Crippen LogP contribution in [0.1, 0.15) is 30.1 Å². The van der Waals surface area contributed by atoms with Gasteiger partial charge in [-0.25, -0.2) is 0 Å². The molecule has 1 saturated heterocycles. The summed E-state index contributed by atoms with van der Waals surface area (Å²) < 4.78 is 5.35. The number of rotatable bonds is 0. The van der Waals surface area contributed by atoms with E-state index in [9.17, 15) is 4.79 Å². The van der Waals surface area contributed by atoms with Crippen molar-refractivity contribution in [3.05, 3.63) is 35.4 Å². The van der Waals surface area contributed by atoms with Crippen molar-refractivity contribution in [3.63, 3.8) is 0 Å². The fraction of sp³-hybridized carbons (Fsp3) is 0.417. The van der Waals surface area contributed by atoms with Crippen LogP contribution in [0.15, 0.2) is 24.3 Å². The van der Waals surface area contributed by atoms with Crippen LogP contribution in [0, 0.1) is 5.92 Å². The number of carbonyl (C=O) groups is 1. The van der Waals surface area contributed by atoms with Crippen LogP contribution >= 0.6 is 0 Å². The Balaban J connectivity index is 2.05. The summed E-state index contributed by atoms with van der Waals surface area (Å²) in [5.74, 6) is 0.397. The average Bonchev–Trinajstić information content (AvgIpc) is 2.59. The molecule has 2 atom stereocenters. The van der Waals surface area contributed by atoms with Gasteiger partial charge in [0.1, 0.15) is 6.10 Å². The molecule has 1 aromatic carbocycles. The smallest absolute Gasteiger partial charge is 0.306 e. The Hall–Kier alpha value is -1.31. The Labute approximate surface area is 82.9 Å². The molecule has 0 aromatic heterocycles. The number of carbonyl (C=O) groups excluding carboxylic acids is 1. The number of fused-ring (bicyclic) bond motifs is 3. The van der Waals surface area contributed by atoms with E-state index in [1.807, 2.05) is 6.07 Å². The van der Waals surface area contributed by atoms with Gasteiger partial charge in [0.05, 0.1) is 6.42 Å². The van der Waals surface area contributed by atoms with E-state index < -0.39 is 0 Å². The zero-order valence-electron chi connectivity index (χ0n) is 7.90. The highest BCUT2D eigenvalue weighted by molar-refractivity contribution is 5.72. The number of aryl methyl sites for hydroxylation is 1. The third-order valence-electron chi connectivity index (χ3n) is 3.26. The van der Waals surface area contributed by atoms with E-state index in [0.29, 0.717) is 12.3 Å². The molecular formula is C12H12O2. The van der Waals surface area contributed by atoms with E-state index >= 15 is 0 Å². The number of ether oxygens (including phenoxy) is 1. The minimum absolute atomic E-state index is 0.0308. The summed E-state index contributed by atoms with van der Waals surface area (Å²) in [4.78, 5) is 11.2. The summed E-state index contributed by atoms with van der Waals surface area (Å²) >= 11 is 0. The molecule has 0 amide bonds. The van der Waals surface area contributed by atoms with Crippen LogP contribution < -0.4 is 0 Å². The second-order valence-corrected chi connectivity index (χ2v) is 4.11. The molecule has 2 nitrogen and oxygen atoms in total. The third kappa shape index (κ3) is 1.07. The highest BCUT2D eigenvalue weighted by atomic mass is 16.5. The van der Waals surface area contributed by atoms with Crippen LogP contribution in [-0.4, -0.2) is 5.97 Å². The van der Waals surface area contributed by atoms with Crippen molar-refractivity contribution in [1.29, 1.82) is 0 Å². The standard InChI is InChI=1S/C12H12O2/c13-11-7-9-6-5-8-3-1-2-4-10(8)12(9)14-11/h1-4,9,12H,5-7H2. The van der Waals surface area contributed by atoms with E-state index in [2.05, 4.69) is 18.2 Å². The van der Waals surface area contributed by atoms with E-state index in [1.54, 1.807) is 0 Å². The van der Waals surface area contributed by atoms with Crippen molar-refractivity contribution in [2.24, 2.45) is 5.92 Å². The maximum atomic E-state index is 11.2. The monoisotopic (exact) mass is 188 g/mol. The quantitative estimate of drug-likeness (QED) is 0.583. The molecule has 14 heavy (non-hydrogen) atoms. The van der Waals surface area contributed by atoms with Gasteiger partial charge in [0, 0.05) is 5.92 Å². The van der Waals surface area contributed by atoms with Gasteiger partial charge in [-0.3, -0.25) is 4.79 Å². The average molecular weight is 188 g/mol. The SMILES string of the molecule is O=C1CC2CCc3ccccc3C2O1. The number of hydrogen-bond donors (Lipinski definition) is 0.